The minimum atomic E-state index is -4.95. The van der Waals surface area contributed by atoms with Gasteiger partial charge in [0.05, 0.1) is 0 Å². The molecule has 0 fully saturated rings. The van der Waals surface area contributed by atoms with Gasteiger partial charge in [0.1, 0.15) is 13.2 Å². The van der Waals surface area contributed by atoms with Gasteiger partial charge in [-0.15, -0.1) is 0 Å². The lowest BCUT2D eigenvalue weighted by Crippen LogP contribution is -2.64. The Balaban J connectivity index is 2.03. The van der Waals surface area contributed by atoms with Gasteiger partial charge in [-0.25, -0.2) is 9.59 Å². The van der Waals surface area contributed by atoms with E-state index < -0.39 is 49.3 Å². The summed E-state index contributed by atoms with van der Waals surface area (Å²) in [6.45, 7) is -0.803. The average molecular weight is 470 g/mol. The highest BCUT2D eigenvalue weighted by Gasteiger charge is 2.64. The van der Waals surface area contributed by atoms with Gasteiger partial charge >= 0.3 is 24.0 Å². The van der Waals surface area contributed by atoms with Gasteiger partial charge in [0, 0.05) is 0 Å². The molecule has 2 aromatic rings. The maximum Gasteiger partial charge on any atom is 0.511 e. The molecule has 10 nitrogen and oxygen atoms in total. The first-order chi connectivity index (χ1) is 15.6. The Morgan fingerprint density at radius 3 is 1.79 bits per heavy atom. The Bertz CT molecular complexity index is 925. The van der Waals surface area contributed by atoms with Crippen LogP contribution in [0, 0.1) is 0 Å². The van der Waals surface area contributed by atoms with Crippen LogP contribution < -0.4 is 0 Å². The van der Waals surface area contributed by atoms with E-state index in [2.05, 4.69) is 18.9 Å². The number of halogens is 2. The molecule has 2 rings (SSSR count). The summed E-state index contributed by atoms with van der Waals surface area (Å²) in [5, 5.41) is 29.9. The number of aliphatic hydroxyl groups excluding tert-OH is 2. The molecule has 0 radical (unpaired) electrons. The molecule has 0 bridgehead atoms. The first-order valence-electron chi connectivity index (χ1n) is 9.28. The fourth-order valence-corrected chi connectivity index (χ4v) is 2.39. The lowest BCUT2D eigenvalue weighted by Gasteiger charge is -2.36. The average Bonchev–Trinajstić information content (AvgIpc) is 2.82. The van der Waals surface area contributed by atoms with Crippen LogP contribution in [0.25, 0.3) is 0 Å². The molecule has 3 N–H and O–H groups in total. The SMILES string of the molecule is O=CC(F)(F)[C@](O)(OC(=O)OCc1ccccc1)[C@H](O)C(O)OC(=O)OCc1ccccc1. The molecule has 0 amide bonds. The number of aldehydes is 1. The van der Waals surface area contributed by atoms with E-state index in [0.717, 1.165) is 0 Å². The first kappa shape index (κ1) is 25.6. The number of rotatable bonds is 10. The Labute approximate surface area is 185 Å². The first-order valence-corrected chi connectivity index (χ1v) is 9.28. The van der Waals surface area contributed by atoms with E-state index in [4.69, 9.17) is 0 Å². The minimum absolute atomic E-state index is 0.334. The normalized spacial score (nSPS) is 14.8. The molecule has 12 heteroatoms. The van der Waals surface area contributed by atoms with E-state index >= 15 is 0 Å². The van der Waals surface area contributed by atoms with Crippen LogP contribution in [0.4, 0.5) is 18.4 Å². The molecule has 0 aliphatic rings. The van der Waals surface area contributed by atoms with Gasteiger partial charge in [0.15, 0.2) is 12.4 Å². The molecule has 2 aromatic carbocycles. The number of aliphatic hydroxyl groups is 3. The van der Waals surface area contributed by atoms with Crippen molar-refractivity contribution in [3.05, 3.63) is 71.8 Å². The number of carbonyl (C=O) groups is 3. The van der Waals surface area contributed by atoms with E-state index in [1.54, 1.807) is 48.5 Å². The highest BCUT2D eigenvalue weighted by Crippen LogP contribution is 2.33. The van der Waals surface area contributed by atoms with Crippen molar-refractivity contribution < 1.29 is 57.4 Å². The van der Waals surface area contributed by atoms with E-state index in [0.29, 0.717) is 11.1 Å². The highest BCUT2D eigenvalue weighted by atomic mass is 19.3. The van der Waals surface area contributed by atoms with E-state index in [-0.39, 0.29) is 6.61 Å². The van der Waals surface area contributed by atoms with E-state index in [1.165, 1.54) is 12.1 Å². The van der Waals surface area contributed by atoms with Crippen molar-refractivity contribution in [2.75, 3.05) is 0 Å². The molecule has 0 aromatic heterocycles. The van der Waals surface area contributed by atoms with Gasteiger partial charge in [-0.05, 0) is 11.1 Å². The molecule has 3 atom stereocenters. The summed E-state index contributed by atoms with van der Waals surface area (Å²) in [6, 6.07) is 16.0. The van der Waals surface area contributed by atoms with Crippen LogP contribution in [0.2, 0.25) is 0 Å². The number of hydrogen-bond acceptors (Lipinski definition) is 10. The van der Waals surface area contributed by atoms with Crippen molar-refractivity contribution in [1.29, 1.82) is 0 Å². The second kappa shape index (κ2) is 11.3. The minimum Gasteiger partial charge on any atom is -0.429 e. The highest BCUT2D eigenvalue weighted by molar-refractivity contribution is 5.66. The summed E-state index contributed by atoms with van der Waals surface area (Å²) in [5.74, 6) is -9.31. The molecule has 0 aliphatic heterocycles. The molecule has 0 heterocycles. The van der Waals surface area contributed by atoms with Crippen LogP contribution >= 0.6 is 0 Å². The summed E-state index contributed by atoms with van der Waals surface area (Å²) in [7, 11) is 0. The third kappa shape index (κ3) is 6.94. The van der Waals surface area contributed by atoms with Crippen LogP contribution in [0.1, 0.15) is 11.1 Å². The van der Waals surface area contributed by atoms with Gasteiger partial charge in [-0.2, -0.15) is 8.78 Å². The van der Waals surface area contributed by atoms with Crippen molar-refractivity contribution in [2.24, 2.45) is 0 Å². The standard InChI is InChI=1S/C21H20F2O10/c22-20(23,13-24)21(29,33-19(28)31-12-15-9-5-2-6-10-15)16(25)17(26)32-18(27)30-11-14-7-3-1-4-8-14/h1-10,13,16-17,25-26,29H,11-12H2/t16-,17?,21-/m1/s1. The number of benzene rings is 2. The van der Waals surface area contributed by atoms with Gasteiger partial charge < -0.3 is 34.3 Å². The third-order valence-corrected chi connectivity index (χ3v) is 4.15. The smallest absolute Gasteiger partial charge is 0.429 e. The lowest BCUT2D eigenvalue weighted by molar-refractivity contribution is -0.345. The van der Waals surface area contributed by atoms with Crippen LogP contribution in [0.5, 0.6) is 0 Å². The second-order valence-corrected chi connectivity index (χ2v) is 6.54. The fraction of sp³-hybridized carbons (Fsp3) is 0.286. The molecule has 33 heavy (non-hydrogen) atoms. The lowest BCUT2D eigenvalue weighted by atomic mass is 10.0. The largest absolute Gasteiger partial charge is 0.511 e. The van der Waals surface area contributed by atoms with Crippen molar-refractivity contribution >= 4 is 18.6 Å². The van der Waals surface area contributed by atoms with Crippen molar-refractivity contribution in [2.45, 2.75) is 37.3 Å². The van der Waals surface area contributed by atoms with Crippen molar-refractivity contribution in [3.8, 4) is 0 Å². The maximum atomic E-state index is 14.0. The number of carbonyl (C=O) groups excluding carboxylic acids is 3. The molecule has 0 saturated heterocycles. The van der Waals surface area contributed by atoms with Crippen molar-refractivity contribution in [1.82, 2.24) is 0 Å². The van der Waals surface area contributed by atoms with Crippen molar-refractivity contribution in [3.63, 3.8) is 0 Å². The molecular weight excluding hydrogens is 450 g/mol. The molecule has 0 saturated carbocycles. The summed E-state index contributed by atoms with van der Waals surface area (Å²) >= 11 is 0. The third-order valence-electron chi connectivity index (χ3n) is 4.15. The van der Waals surface area contributed by atoms with E-state index in [1.807, 2.05) is 0 Å². The van der Waals surface area contributed by atoms with Gasteiger partial charge in [0.2, 0.25) is 6.29 Å². The van der Waals surface area contributed by atoms with Crippen LogP contribution in [-0.2, 0) is 37.0 Å². The maximum absolute atomic E-state index is 14.0. The molecule has 178 valence electrons. The summed E-state index contributed by atoms with van der Waals surface area (Å²) < 4.78 is 45.6. The van der Waals surface area contributed by atoms with Crippen LogP contribution in [0.3, 0.4) is 0 Å². The quantitative estimate of drug-likeness (QED) is 0.267. The van der Waals surface area contributed by atoms with E-state index in [9.17, 15) is 38.5 Å². The summed E-state index contributed by atoms with van der Waals surface area (Å²) in [5.41, 5.74) is 0.934. The molecule has 0 aliphatic carbocycles. The van der Waals surface area contributed by atoms with Gasteiger partial charge in [0.25, 0.3) is 0 Å². The number of hydrogen-bond donors (Lipinski definition) is 3. The molecular formula is C21H20F2O10. The Hall–Kier alpha value is -3.61. The fourth-order valence-electron chi connectivity index (χ4n) is 2.39. The van der Waals surface area contributed by atoms with Crippen LogP contribution in [-0.4, -0.2) is 58.0 Å². The zero-order chi connectivity index (χ0) is 24.5. The molecule has 1 unspecified atom stereocenters. The summed E-state index contributed by atoms with van der Waals surface area (Å²) in [4.78, 5) is 34.3. The number of alkyl halides is 2. The second-order valence-electron chi connectivity index (χ2n) is 6.54. The summed E-state index contributed by atoms with van der Waals surface area (Å²) in [6.07, 6.45) is -10.8. The zero-order valence-corrected chi connectivity index (χ0v) is 16.9. The molecule has 0 spiro atoms. The zero-order valence-electron chi connectivity index (χ0n) is 16.9. The predicted molar refractivity (Wildman–Crippen MR) is 103 cm³/mol. The monoisotopic (exact) mass is 470 g/mol. The van der Waals surface area contributed by atoms with Gasteiger partial charge in [-0.1, -0.05) is 60.7 Å². The Morgan fingerprint density at radius 1 is 0.879 bits per heavy atom. The Morgan fingerprint density at radius 2 is 1.33 bits per heavy atom. The topological polar surface area (TPSA) is 149 Å². The predicted octanol–water partition coefficient (Wildman–Crippen LogP) is 1.90. The number of ether oxygens (including phenoxy) is 4. The van der Waals surface area contributed by atoms with Gasteiger partial charge in [-0.3, -0.25) is 4.79 Å². The Kier molecular flexibility index (Phi) is 8.79. The van der Waals surface area contributed by atoms with Crippen LogP contribution in [0.15, 0.2) is 60.7 Å².